The molecule has 0 aromatic rings. The second kappa shape index (κ2) is 4.37. The van der Waals surface area contributed by atoms with E-state index in [1.54, 1.807) is 19.9 Å². The van der Waals surface area contributed by atoms with Crippen molar-refractivity contribution in [1.82, 2.24) is 0 Å². The molecule has 0 aliphatic heterocycles. The van der Waals surface area contributed by atoms with Gasteiger partial charge in [0.15, 0.2) is 0 Å². The highest BCUT2D eigenvalue weighted by Gasteiger charge is 1.90. The highest BCUT2D eigenvalue weighted by molar-refractivity contribution is 5.69. The maximum atomic E-state index is 10.3. The van der Waals surface area contributed by atoms with Gasteiger partial charge in [0, 0.05) is 6.42 Å². The number of allylic oxidation sites excluding steroid dienone is 1. The summed E-state index contributed by atoms with van der Waals surface area (Å²) in [5.41, 5.74) is 0. The predicted octanol–water partition coefficient (Wildman–Crippen LogP) is 1.47. The lowest BCUT2D eigenvalue weighted by Gasteiger charge is -1.90. The van der Waals surface area contributed by atoms with Crippen molar-refractivity contribution in [2.75, 3.05) is 0 Å². The molecular formula is C6H10O2. The van der Waals surface area contributed by atoms with Crippen molar-refractivity contribution in [3.05, 3.63) is 12.3 Å². The normalized spacial score (nSPS) is 9.75. The molecule has 0 atom stereocenters. The minimum Gasteiger partial charge on any atom is -0.435 e. The Hall–Kier alpha value is -0.790. The molecule has 0 fully saturated rings. The van der Waals surface area contributed by atoms with Crippen molar-refractivity contribution in [2.45, 2.75) is 20.3 Å². The van der Waals surface area contributed by atoms with Gasteiger partial charge in [0.05, 0.1) is 6.26 Å². The van der Waals surface area contributed by atoms with Crippen LogP contribution in [0.5, 0.6) is 0 Å². The van der Waals surface area contributed by atoms with E-state index in [-0.39, 0.29) is 5.97 Å². The lowest BCUT2D eigenvalue weighted by atomic mass is 10.5. The smallest absolute Gasteiger partial charge is 0.310 e. The molecule has 0 radical (unpaired) electrons. The Bertz CT molecular complexity index is 94.7. The molecule has 0 aliphatic carbocycles. The zero-order valence-corrected chi connectivity index (χ0v) is 5.18. The van der Waals surface area contributed by atoms with Crippen molar-refractivity contribution in [1.29, 1.82) is 0 Å². The SMILES string of the molecule is C/C=C\OC(=O)CC. The van der Waals surface area contributed by atoms with E-state index >= 15 is 0 Å². The average Bonchev–Trinajstić information content (AvgIpc) is 1.83. The summed E-state index contributed by atoms with van der Waals surface area (Å²) in [6, 6.07) is 0. The van der Waals surface area contributed by atoms with Crippen LogP contribution in [0.1, 0.15) is 20.3 Å². The van der Waals surface area contributed by atoms with Gasteiger partial charge in [-0.15, -0.1) is 0 Å². The quantitative estimate of drug-likeness (QED) is 0.401. The second-order valence-electron chi connectivity index (χ2n) is 1.31. The summed E-state index contributed by atoms with van der Waals surface area (Å²) in [6.45, 7) is 3.55. The third kappa shape index (κ3) is 3.40. The Morgan fingerprint density at radius 1 is 1.75 bits per heavy atom. The molecule has 0 amide bonds. The van der Waals surface area contributed by atoms with E-state index in [4.69, 9.17) is 0 Å². The topological polar surface area (TPSA) is 26.3 Å². The summed E-state index contributed by atoms with van der Waals surface area (Å²) >= 11 is 0. The number of carbonyl (C=O) groups is 1. The highest BCUT2D eigenvalue weighted by atomic mass is 16.5. The molecule has 0 aliphatic rings. The molecule has 0 rings (SSSR count). The van der Waals surface area contributed by atoms with Crippen LogP contribution < -0.4 is 0 Å². The first kappa shape index (κ1) is 7.21. The molecule has 0 saturated carbocycles. The Kier molecular flexibility index (Phi) is 3.94. The molecule has 0 N–H and O–H groups in total. The minimum atomic E-state index is -0.192. The molecular weight excluding hydrogens is 104 g/mol. The number of rotatable bonds is 2. The number of hydrogen-bond donors (Lipinski definition) is 0. The van der Waals surface area contributed by atoms with Crippen molar-refractivity contribution >= 4 is 5.97 Å². The van der Waals surface area contributed by atoms with Crippen LogP contribution in [-0.2, 0) is 9.53 Å². The fraction of sp³-hybridized carbons (Fsp3) is 0.500. The van der Waals surface area contributed by atoms with E-state index in [0.29, 0.717) is 6.42 Å². The van der Waals surface area contributed by atoms with Gasteiger partial charge in [-0.2, -0.15) is 0 Å². The lowest BCUT2D eigenvalue weighted by Crippen LogP contribution is -1.94. The molecule has 0 saturated heterocycles. The van der Waals surface area contributed by atoms with Gasteiger partial charge in [0.1, 0.15) is 0 Å². The van der Waals surface area contributed by atoms with Gasteiger partial charge in [-0.05, 0) is 6.92 Å². The first-order valence-corrected chi connectivity index (χ1v) is 2.62. The molecule has 0 bridgehead atoms. The van der Waals surface area contributed by atoms with E-state index in [0.717, 1.165) is 0 Å². The molecule has 2 nitrogen and oxygen atoms in total. The fourth-order valence-corrected chi connectivity index (χ4v) is 0.227. The molecule has 0 unspecified atom stereocenters. The van der Waals surface area contributed by atoms with Crippen LogP contribution in [0.25, 0.3) is 0 Å². The van der Waals surface area contributed by atoms with Gasteiger partial charge < -0.3 is 4.74 Å². The highest BCUT2D eigenvalue weighted by Crippen LogP contribution is 1.83. The van der Waals surface area contributed by atoms with E-state index in [1.165, 1.54) is 6.26 Å². The summed E-state index contributed by atoms with van der Waals surface area (Å²) in [5, 5.41) is 0. The van der Waals surface area contributed by atoms with Crippen LogP contribution in [0.4, 0.5) is 0 Å². The van der Waals surface area contributed by atoms with E-state index in [9.17, 15) is 4.79 Å². The zero-order valence-electron chi connectivity index (χ0n) is 5.18. The Labute approximate surface area is 49.1 Å². The summed E-state index contributed by atoms with van der Waals surface area (Å²) in [6.07, 6.45) is 3.49. The second-order valence-corrected chi connectivity index (χ2v) is 1.31. The van der Waals surface area contributed by atoms with Crippen molar-refractivity contribution in [3.8, 4) is 0 Å². The fourth-order valence-electron chi connectivity index (χ4n) is 0.227. The maximum Gasteiger partial charge on any atom is 0.310 e. The molecule has 0 aromatic heterocycles. The number of carbonyl (C=O) groups excluding carboxylic acids is 1. The molecule has 2 heteroatoms. The van der Waals surface area contributed by atoms with Crippen LogP contribution in [0.2, 0.25) is 0 Å². The number of esters is 1. The Morgan fingerprint density at radius 3 is 2.75 bits per heavy atom. The van der Waals surface area contributed by atoms with Crippen LogP contribution in [0.15, 0.2) is 12.3 Å². The van der Waals surface area contributed by atoms with Gasteiger partial charge in [0.2, 0.25) is 0 Å². The third-order valence-corrected chi connectivity index (χ3v) is 0.624. The van der Waals surface area contributed by atoms with Gasteiger partial charge in [-0.25, -0.2) is 0 Å². The van der Waals surface area contributed by atoms with Crippen LogP contribution >= 0.6 is 0 Å². The van der Waals surface area contributed by atoms with Crippen molar-refractivity contribution < 1.29 is 9.53 Å². The number of hydrogen-bond acceptors (Lipinski definition) is 2. The molecule has 0 aromatic carbocycles. The molecule has 46 valence electrons. The van der Waals surface area contributed by atoms with Crippen LogP contribution in [0, 0.1) is 0 Å². The van der Waals surface area contributed by atoms with Crippen molar-refractivity contribution in [3.63, 3.8) is 0 Å². The van der Waals surface area contributed by atoms with E-state index in [2.05, 4.69) is 4.74 Å². The van der Waals surface area contributed by atoms with Gasteiger partial charge in [0.25, 0.3) is 0 Å². The van der Waals surface area contributed by atoms with Crippen LogP contribution in [-0.4, -0.2) is 5.97 Å². The van der Waals surface area contributed by atoms with Crippen LogP contribution in [0.3, 0.4) is 0 Å². The van der Waals surface area contributed by atoms with Gasteiger partial charge in [-0.3, -0.25) is 4.79 Å². The largest absolute Gasteiger partial charge is 0.435 e. The zero-order chi connectivity index (χ0) is 6.41. The Balaban J connectivity index is 3.25. The first-order valence-electron chi connectivity index (χ1n) is 2.62. The lowest BCUT2D eigenvalue weighted by molar-refractivity contribution is -0.137. The summed E-state index contributed by atoms with van der Waals surface area (Å²) in [5.74, 6) is -0.192. The molecule has 0 spiro atoms. The first-order chi connectivity index (χ1) is 3.81. The third-order valence-electron chi connectivity index (χ3n) is 0.624. The van der Waals surface area contributed by atoms with Crippen molar-refractivity contribution in [2.24, 2.45) is 0 Å². The number of ether oxygens (including phenoxy) is 1. The summed E-state index contributed by atoms with van der Waals surface area (Å²) in [4.78, 5) is 10.3. The summed E-state index contributed by atoms with van der Waals surface area (Å²) in [7, 11) is 0. The maximum absolute atomic E-state index is 10.3. The molecule has 0 heterocycles. The Morgan fingerprint density at radius 2 is 2.38 bits per heavy atom. The van der Waals surface area contributed by atoms with E-state index < -0.39 is 0 Å². The average molecular weight is 114 g/mol. The van der Waals surface area contributed by atoms with E-state index in [1.807, 2.05) is 0 Å². The van der Waals surface area contributed by atoms with Gasteiger partial charge >= 0.3 is 5.97 Å². The minimum absolute atomic E-state index is 0.192. The monoisotopic (exact) mass is 114 g/mol. The predicted molar refractivity (Wildman–Crippen MR) is 31.2 cm³/mol. The summed E-state index contributed by atoms with van der Waals surface area (Å²) < 4.78 is 4.52. The standard InChI is InChI=1S/C6H10O2/c1-3-5-8-6(7)4-2/h3,5H,4H2,1-2H3/b5-3-. The molecule has 8 heavy (non-hydrogen) atoms. The van der Waals surface area contributed by atoms with Gasteiger partial charge in [-0.1, -0.05) is 13.0 Å².